The Balaban J connectivity index is 2.80. The SMILES string of the molecule is CC[C@H](Cc1ccc(Cl)c(Cl)c1)C(=O)O. The van der Waals surface area contributed by atoms with E-state index in [2.05, 4.69) is 0 Å². The van der Waals surface area contributed by atoms with Crippen LogP contribution >= 0.6 is 23.2 Å². The van der Waals surface area contributed by atoms with Crippen LogP contribution in [0.1, 0.15) is 18.9 Å². The number of carboxylic acid groups (broad SMARTS) is 1. The molecule has 82 valence electrons. The lowest BCUT2D eigenvalue weighted by Gasteiger charge is -2.09. The van der Waals surface area contributed by atoms with Gasteiger partial charge in [-0.15, -0.1) is 0 Å². The molecule has 0 aromatic heterocycles. The summed E-state index contributed by atoms with van der Waals surface area (Å²) in [6, 6.07) is 5.21. The standard InChI is InChI=1S/C11H12Cl2O2/c1-2-8(11(14)15)5-7-3-4-9(12)10(13)6-7/h3-4,6,8H,2,5H2,1H3,(H,14,15)/t8-/m1/s1. The number of carbonyl (C=O) groups is 1. The smallest absolute Gasteiger partial charge is 0.306 e. The van der Waals surface area contributed by atoms with Crippen LogP contribution in [0.2, 0.25) is 10.0 Å². The average molecular weight is 247 g/mol. The molecule has 0 amide bonds. The molecule has 1 N–H and O–H groups in total. The third kappa shape index (κ3) is 3.40. The van der Waals surface area contributed by atoms with E-state index in [1.165, 1.54) is 0 Å². The van der Waals surface area contributed by atoms with E-state index in [1.807, 2.05) is 6.92 Å². The Hall–Kier alpha value is -0.730. The first kappa shape index (κ1) is 12.3. The van der Waals surface area contributed by atoms with Crippen LogP contribution < -0.4 is 0 Å². The van der Waals surface area contributed by atoms with Crippen LogP contribution in [0.4, 0.5) is 0 Å². The van der Waals surface area contributed by atoms with Crippen molar-refractivity contribution in [2.75, 3.05) is 0 Å². The molecular weight excluding hydrogens is 235 g/mol. The van der Waals surface area contributed by atoms with E-state index in [0.29, 0.717) is 22.9 Å². The molecule has 0 aliphatic carbocycles. The van der Waals surface area contributed by atoms with Crippen molar-refractivity contribution in [2.45, 2.75) is 19.8 Å². The van der Waals surface area contributed by atoms with Crippen molar-refractivity contribution in [3.05, 3.63) is 33.8 Å². The monoisotopic (exact) mass is 246 g/mol. The zero-order valence-corrected chi connectivity index (χ0v) is 9.85. The second-order valence-corrected chi connectivity index (χ2v) is 4.21. The number of halogens is 2. The molecular formula is C11H12Cl2O2. The first-order valence-electron chi connectivity index (χ1n) is 4.71. The van der Waals surface area contributed by atoms with Gasteiger partial charge >= 0.3 is 5.97 Å². The molecule has 0 unspecified atom stereocenters. The van der Waals surface area contributed by atoms with E-state index in [9.17, 15) is 4.79 Å². The zero-order chi connectivity index (χ0) is 11.4. The molecule has 1 rings (SSSR count). The highest BCUT2D eigenvalue weighted by atomic mass is 35.5. The largest absolute Gasteiger partial charge is 0.481 e. The number of carboxylic acids is 1. The van der Waals surface area contributed by atoms with Gasteiger partial charge in [0.25, 0.3) is 0 Å². The minimum atomic E-state index is -0.774. The minimum Gasteiger partial charge on any atom is -0.481 e. The van der Waals surface area contributed by atoms with Crippen molar-refractivity contribution in [1.82, 2.24) is 0 Å². The van der Waals surface area contributed by atoms with Gasteiger partial charge in [0.05, 0.1) is 16.0 Å². The Labute approximate surface area is 98.8 Å². The maximum atomic E-state index is 10.8. The minimum absolute atomic E-state index is 0.359. The van der Waals surface area contributed by atoms with Crippen molar-refractivity contribution in [1.29, 1.82) is 0 Å². The topological polar surface area (TPSA) is 37.3 Å². The molecule has 0 saturated heterocycles. The lowest BCUT2D eigenvalue weighted by molar-refractivity contribution is -0.141. The summed E-state index contributed by atoms with van der Waals surface area (Å²) in [5.74, 6) is -1.13. The average Bonchev–Trinajstić information content (AvgIpc) is 2.19. The molecule has 0 fully saturated rings. The molecule has 0 spiro atoms. The Kier molecular flexibility index (Phi) is 4.43. The first-order chi connectivity index (χ1) is 7.04. The molecule has 0 aliphatic rings. The molecule has 15 heavy (non-hydrogen) atoms. The van der Waals surface area contributed by atoms with E-state index >= 15 is 0 Å². The van der Waals surface area contributed by atoms with Gasteiger partial charge in [0.1, 0.15) is 0 Å². The van der Waals surface area contributed by atoms with Gasteiger partial charge in [-0.05, 0) is 30.5 Å². The number of benzene rings is 1. The van der Waals surface area contributed by atoms with Gasteiger partial charge in [0.15, 0.2) is 0 Å². The second kappa shape index (κ2) is 5.38. The second-order valence-electron chi connectivity index (χ2n) is 3.40. The Morgan fingerprint density at radius 1 is 1.40 bits per heavy atom. The third-order valence-corrected chi connectivity index (χ3v) is 3.05. The van der Waals surface area contributed by atoms with Crippen LogP contribution in [0.15, 0.2) is 18.2 Å². The summed E-state index contributed by atoms with van der Waals surface area (Å²) in [6.45, 7) is 1.86. The summed E-state index contributed by atoms with van der Waals surface area (Å²) >= 11 is 11.6. The Morgan fingerprint density at radius 2 is 2.07 bits per heavy atom. The van der Waals surface area contributed by atoms with Gasteiger partial charge < -0.3 is 5.11 Å². The van der Waals surface area contributed by atoms with Crippen molar-refractivity contribution < 1.29 is 9.90 Å². The van der Waals surface area contributed by atoms with Gasteiger partial charge in [-0.2, -0.15) is 0 Å². The summed E-state index contributed by atoms with van der Waals surface area (Å²) in [6.07, 6.45) is 1.10. The number of hydrogen-bond donors (Lipinski definition) is 1. The van der Waals surface area contributed by atoms with Gasteiger partial charge in [-0.1, -0.05) is 36.2 Å². The van der Waals surface area contributed by atoms with E-state index in [1.54, 1.807) is 18.2 Å². The third-order valence-electron chi connectivity index (χ3n) is 2.31. The summed E-state index contributed by atoms with van der Waals surface area (Å²) in [5.41, 5.74) is 0.902. The first-order valence-corrected chi connectivity index (χ1v) is 5.47. The number of aliphatic carboxylic acids is 1. The lowest BCUT2D eigenvalue weighted by Crippen LogP contribution is -2.15. The summed E-state index contributed by atoms with van der Waals surface area (Å²) in [5, 5.41) is 9.86. The summed E-state index contributed by atoms with van der Waals surface area (Å²) in [7, 11) is 0. The van der Waals surface area contributed by atoms with Crippen molar-refractivity contribution in [3.63, 3.8) is 0 Å². The van der Waals surface area contributed by atoms with Gasteiger partial charge in [0, 0.05) is 0 Å². The molecule has 1 atom stereocenters. The summed E-state index contributed by atoms with van der Waals surface area (Å²) < 4.78 is 0. The van der Waals surface area contributed by atoms with E-state index in [0.717, 1.165) is 5.56 Å². The molecule has 1 aromatic rings. The number of rotatable bonds is 4. The molecule has 2 nitrogen and oxygen atoms in total. The fourth-order valence-electron chi connectivity index (χ4n) is 1.36. The Bertz CT molecular complexity index is 364. The van der Waals surface area contributed by atoms with Crippen LogP contribution in [0.5, 0.6) is 0 Å². The zero-order valence-electron chi connectivity index (χ0n) is 8.34. The highest BCUT2D eigenvalue weighted by Crippen LogP contribution is 2.24. The molecule has 0 saturated carbocycles. The molecule has 0 radical (unpaired) electrons. The van der Waals surface area contributed by atoms with Crippen molar-refractivity contribution >= 4 is 29.2 Å². The molecule has 1 aromatic carbocycles. The van der Waals surface area contributed by atoms with Crippen LogP contribution in [0.25, 0.3) is 0 Å². The van der Waals surface area contributed by atoms with E-state index < -0.39 is 5.97 Å². The van der Waals surface area contributed by atoms with Crippen LogP contribution in [0, 0.1) is 5.92 Å². The predicted molar refractivity (Wildman–Crippen MR) is 61.6 cm³/mol. The maximum Gasteiger partial charge on any atom is 0.306 e. The summed E-state index contributed by atoms with van der Waals surface area (Å²) in [4.78, 5) is 10.8. The molecule has 4 heteroatoms. The molecule has 0 aliphatic heterocycles. The van der Waals surface area contributed by atoms with Crippen molar-refractivity contribution in [2.24, 2.45) is 5.92 Å². The Morgan fingerprint density at radius 3 is 2.53 bits per heavy atom. The maximum absolute atomic E-state index is 10.8. The number of hydrogen-bond acceptors (Lipinski definition) is 1. The van der Waals surface area contributed by atoms with E-state index in [-0.39, 0.29) is 5.92 Å². The fourth-order valence-corrected chi connectivity index (χ4v) is 1.68. The van der Waals surface area contributed by atoms with Crippen LogP contribution in [-0.2, 0) is 11.2 Å². The highest BCUT2D eigenvalue weighted by Gasteiger charge is 2.15. The van der Waals surface area contributed by atoms with Crippen LogP contribution in [0.3, 0.4) is 0 Å². The lowest BCUT2D eigenvalue weighted by atomic mass is 9.97. The normalized spacial score (nSPS) is 12.5. The molecule has 0 heterocycles. The molecule has 0 bridgehead atoms. The van der Waals surface area contributed by atoms with Gasteiger partial charge in [-0.25, -0.2) is 0 Å². The van der Waals surface area contributed by atoms with Gasteiger partial charge in [-0.3, -0.25) is 4.79 Å². The van der Waals surface area contributed by atoms with Crippen LogP contribution in [-0.4, -0.2) is 11.1 Å². The predicted octanol–water partition coefficient (Wildman–Crippen LogP) is 3.65. The van der Waals surface area contributed by atoms with Crippen molar-refractivity contribution in [3.8, 4) is 0 Å². The fraction of sp³-hybridized carbons (Fsp3) is 0.364. The highest BCUT2D eigenvalue weighted by molar-refractivity contribution is 6.42. The van der Waals surface area contributed by atoms with Gasteiger partial charge in [0.2, 0.25) is 0 Å². The quantitative estimate of drug-likeness (QED) is 0.881. The van der Waals surface area contributed by atoms with E-state index in [4.69, 9.17) is 28.3 Å².